The number of benzene rings is 4. The number of urea groups is 1. The van der Waals surface area contributed by atoms with E-state index in [1.165, 1.54) is 15.4 Å². The normalized spacial score (nSPS) is 19.5. The molecule has 0 bridgehead atoms. The molecular formula is C35H31ClN4O3. The van der Waals surface area contributed by atoms with Crippen molar-refractivity contribution >= 4 is 52.2 Å². The molecule has 4 aromatic carbocycles. The van der Waals surface area contributed by atoms with E-state index in [0.717, 1.165) is 22.5 Å². The zero-order valence-corrected chi connectivity index (χ0v) is 24.8. The maximum Gasteiger partial charge on any atom is 0.342 e. The number of aryl methyl sites for hydroxylation is 1. The molecule has 8 heteroatoms. The molecule has 3 aliphatic heterocycles. The molecule has 0 aliphatic carbocycles. The summed E-state index contributed by atoms with van der Waals surface area (Å²) in [6.07, 6.45) is 0.152. The van der Waals surface area contributed by atoms with Crippen LogP contribution >= 0.6 is 11.6 Å². The highest BCUT2D eigenvalue weighted by Gasteiger charge is 2.65. The smallest absolute Gasteiger partial charge is 0.342 e. The molecule has 43 heavy (non-hydrogen) atoms. The Morgan fingerprint density at radius 1 is 0.721 bits per heavy atom. The lowest BCUT2D eigenvalue weighted by Crippen LogP contribution is -2.76. The van der Waals surface area contributed by atoms with Gasteiger partial charge in [-0.2, -0.15) is 0 Å². The van der Waals surface area contributed by atoms with E-state index in [0.29, 0.717) is 36.0 Å². The van der Waals surface area contributed by atoms with Crippen LogP contribution in [0.3, 0.4) is 0 Å². The maximum atomic E-state index is 15.0. The summed E-state index contributed by atoms with van der Waals surface area (Å²) in [6.45, 7) is 5.90. The number of fused-ring (bicyclic) bond motifs is 4. The molecule has 7 rings (SSSR count). The minimum atomic E-state index is -1.57. The second-order valence-electron chi connectivity index (χ2n) is 11.5. The van der Waals surface area contributed by atoms with Gasteiger partial charge in [-0.25, -0.2) is 14.6 Å². The fourth-order valence-corrected chi connectivity index (χ4v) is 7.14. The number of halogens is 1. The number of piperazine rings is 1. The molecule has 0 unspecified atom stereocenters. The Bertz CT molecular complexity index is 1700. The first-order chi connectivity index (χ1) is 20.8. The van der Waals surface area contributed by atoms with Crippen LogP contribution in [-0.4, -0.2) is 43.5 Å². The van der Waals surface area contributed by atoms with Crippen molar-refractivity contribution in [2.24, 2.45) is 5.41 Å². The molecule has 0 saturated carbocycles. The molecule has 0 radical (unpaired) electrons. The minimum Gasteiger partial charge on any atom is -0.367 e. The lowest BCUT2D eigenvalue weighted by molar-refractivity contribution is -0.143. The van der Waals surface area contributed by atoms with Crippen LogP contribution < -0.4 is 19.6 Å². The van der Waals surface area contributed by atoms with Gasteiger partial charge in [-0.1, -0.05) is 66.2 Å². The Balaban J connectivity index is 1.45. The largest absolute Gasteiger partial charge is 0.367 e. The molecule has 4 amide bonds. The first-order valence-electron chi connectivity index (χ1n) is 14.5. The zero-order chi connectivity index (χ0) is 29.9. The van der Waals surface area contributed by atoms with Crippen molar-refractivity contribution < 1.29 is 14.4 Å². The number of carbonyl (C=O) groups is 3. The Morgan fingerprint density at radius 3 is 1.98 bits per heavy atom. The van der Waals surface area contributed by atoms with E-state index in [1.54, 1.807) is 54.6 Å². The molecule has 0 aromatic heterocycles. The van der Waals surface area contributed by atoms with Crippen molar-refractivity contribution in [1.29, 1.82) is 0 Å². The first kappa shape index (κ1) is 27.2. The molecule has 3 aliphatic rings. The highest BCUT2D eigenvalue weighted by Crippen LogP contribution is 2.49. The summed E-state index contributed by atoms with van der Waals surface area (Å²) >= 11 is 6.50. The summed E-state index contributed by atoms with van der Waals surface area (Å²) in [5.41, 5.74) is 4.50. The third-order valence-corrected chi connectivity index (χ3v) is 9.51. The summed E-state index contributed by atoms with van der Waals surface area (Å²) in [5.74, 6) is -1.00. The first-order valence-corrected chi connectivity index (χ1v) is 14.9. The van der Waals surface area contributed by atoms with Crippen LogP contribution in [0.25, 0.3) is 0 Å². The van der Waals surface area contributed by atoms with E-state index < -0.39 is 29.3 Å². The van der Waals surface area contributed by atoms with Gasteiger partial charge < -0.3 is 9.80 Å². The lowest BCUT2D eigenvalue weighted by atomic mass is 9.67. The third kappa shape index (κ3) is 4.13. The fraction of sp³-hybridized carbons (Fsp3) is 0.229. The SMILES string of the molecule is Cc1cccc(N2CCN3c4cc(Cl)ccc4CC4(C(=O)N(c5ccccc5)C(=O)N(c5ccccc5)C4=O)[C@H]3C2)c1C. The molecule has 3 heterocycles. The van der Waals surface area contributed by atoms with Crippen LogP contribution in [0.5, 0.6) is 0 Å². The van der Waals surface area contributed by atoms with Crippen molar-refractivity contribution in [3.63, 3.8) is 0 Å². The number of barbiturate groups is 1. The number of hydrogen-bond acceptors (Lipinski definition) is 5. The van der Waals surface area contributed by atoms with Gasteiger partial charge in [0.15, 0.2) is 5.41 Å². The zero-order valence-electron chi connectivity index (χ0n) is 24.0. The van der Waals surface area contributed by atoms with Gasteiger partial charge in [0, 0.05) is 36.0 Å². The van der Waals surface area contributed by atoms with Gasteiger partial charge in [0.1, 0.15) is 0 Å². The predicted octanol–water partition coefficient (Wildman–Crippen LogP) is 6.39. The van der Waals surface area contributed by atoms with Gasteiger partial charge in [-0.3, -0.25) is 9.59 Å². The Kier molecular flexibility index (Phi) is 6.51. The van der Waals surface area contributed by atoms with Crippen LogP contribution in [0.15, 0.2) is 97.1 Å². The van der Waals surface area contributed by atoms with E-state index in [2.05, 4.69) is 35.8 Å². The summed E-state index contributed by atoms with van der Waals surface area (Å²) in [5, 5.41) is 0.596. The number of anilines is 4. The lowest BCUT2D eigenvalue weighted by Gasteiger charge is -2.57. The van der Waals surface area contributed by atoms with Crippen molar-refractivity contribution in [3.8, 4) is 0 Å². The monoisotopic (exact) mass is 590 g/mol. The molecular weight excluding hydrogens is 560 g/mol. The van der Waals surface area contributed by atoms with Crippen molar-refractivity contribution in [2.75, 3.05) is 39.2 Å². The van der Waals surface area contributed by atoms with Crippen molar-refractivity contribution in [3.05, 3.63) is 119 Å². The van der Waals surface area contributed by atoms with Crippen LogP contribution in [0, 0.1) is 19.3 Å². The summed E-state index contributed by atoms with van der Waals surface area (Å²) in [7, 11) is 0. The summed E-state index contributed by atoms with van der Waals surface area (Å²) < 4.78 is 0. The van der Waals surface area contributed by atoms with Gasteiger partial charge in [0.25, 0.3) is 11.8 Å². The second kappa shape index (κ2) is 10.3. The number of rotatable bonds is 3. The van der Waals surface area contributed by atoms with E-state index in [1.807, 2.05) is 30.3 Å². The minimum absolute atomic E-state index is 0.152. The number of amides is 4. The Labute approximate surface area is 255 Å². The standard InChI is InChI=1S/C35H31ClN4O3/c1-23-10-9-15-29(24(23)2)37-18-19-38-30-20-26(36)17-16-25(30)21-35(31(38)22-37)32(41)39(27-11-5-3-6-12-27)34(43)40(33(35)42)28-13-7-4-8-14-28/h3-17,20,31H,18-19,21-22H2,1-2H3/t31-/m1/s1. The second-order valence-corrected chi connectivity index (χ2v) is 12.0. The average Bonchev–Trinajstić information content (AvgIpc) is 3.02. The molecule has 2 fully saturated rings. The number of hydrogen-bond donors (Lipinski definition) is 0. The molecule has 216 valence electrons. The third-order valence-electron chi connectivity index (χ3n) is 9.27. The van der Waals surface area contributed by atoms with Gasteiger partial charge in [0.2, 0.25) is 0 Å². The molecule has 2 saturated heterocycles. The topological polar surface area (TPSA) is 64.2 Å². The number of nitrogens with zero attached hydrogens (tertiary/aromatic N) is 4. The van der Waals surface area contributed by atoms with Gasteiger partial charge in [0.05, 0.1) is 17.4 Å². The molecule has 0 N–H and O–H groups in total. The van der Waals surface area contributed by atoms with Crippen LogP contribution in [0.1, 0.15) is 16.7 Å². The van der Waals surface area contributed by atoms with E-state index in [4.69, 9.17) is 11.6 Å². The van der Waals surface area contributed by atoms with Gasteiger partial charge in [-0.15, -0.1) is 0 Å². The molecule has 7 nitrogen and oxygen atoms in total. The number of imide groups is 2. The van der Waals surface area contributed by atoms with Gasteiger partial charge >= 0.3 is 6.03 Å². The Morgan fingerprint density at radius 2 is 1.35 bits per heavy atom. The van der Waals surface area contributed by atoms with E-state index in [-0.39, 0.29) is 6.42 Å². The fourth-order valence-electron chi connectivity index (χ4n) is 6.97. The van der Waals surface area contributed by atoms with Crippen LogP contribution in [-0.2, 0) is 16.0 Å². The predicted molar refractivity (Wildman–Crippen MR) is 170 cm³/mol. The van der Waals surface area contributed by atoms with E-state index >= 15 is 0 Å². The van der Waals surface area contributed by atoms with Crippen molar-refractivity contribution in [2.45, 2.75) is 26.3 Å². The summed E-state index contributed by atoms with van der Waals surface area (Å²) in [6, 6.07) is 28.4. The van der Waals surface area contributed by atoms with Crippen molar-refractivity contribution in [1.82, 2.24) is 0 Å². The maximum absolute atomic E-state index is 15.0. The van der Waals surface area contributed by atoms with Gasteiger partial charge in [-0.05, 0) is 79.4 Å². The van der Waals surface area contributed by atoms with Crippen LogP contribution in [0.4, 0.5) is 27.5 Å². The summed E-state index contributed by atoms with van der Waals surface area (Å²) in [4.78, 5) is 51.0. The molecule has 1 atom stereocenters. The average molecular weight is 591 g/mol. The quantitative estimate of drug-likeness (QED) is 0.259. The highest BCUT2D eigenvalue weighted by molar-refractivity contribution is 6.39. The number of para-hydroxylation sites is 2. The Hall–Kier alpha value is -4.62. The van der Waals surface area contributed by atoms with E-state index in [9.17, 15) is 14.4 Å². The number of carbonyl (C=O) groups excluding carboxylic acids is 3. The highest BCUT2D eigenvalue weighted by atomic mass is 35.5. The van der Waals surface area contributed by atoms with Crippen LogP contribution in [0.2, 0.25) is 5.02 Å². The molecule has 1 spiro atoms. The molecule has 4 aromatic rings.